The highest BCUT2D eigenvalue weighted by atomic mass is 19.1. The van der Waals surface area contributed by atoms with Crippen LogP contribution < -0.4 is 10.6 Å². The summed E-state index contributed by atoms with van der Waals surface area (Å²) in [7, 11) is 0. The van der Waals surface area contributed by atoms with Crippen LogP contribution in [0, 0.1) is 24.6 Å². The van der Waals surface area contributed by atoms with Crippen molar-refractivity contribution >= 4 is 23.2 Å². The molecule has 1 aliphatic heterocycles. The third-order valence-corrected chi connectivity index (χ3v) is 8.98. The van der Waals surface area contributed by atoms with Crippen LogP contribution in [0.4, 0.5) is 15.8 Å². The van der Waals surface area contributed by atoms with E-state index in [0.29, 0.717) is 31.0 Å². The van der Waals surface area contributed by atoms with Crippen LogP contribution in [0.2, 0.25) is 0 Å². The Morgan fingerprint density at radius 3 is 2.33 bits per heavy atom. The number of benzene rings is 3. The van der Waals surface area contributed by atoms with E-state index in [0.717, 1.165) is 41.3 Å². The Morgan fingerprint density at radius 1 is 0.929 bits per heavy atom. The maximum Gasteiger partial charge on any atom is 0.257 e. The minimum Gasteiger partial charge on any atom is -0.382 e. The number of carbonyl (C=O) groups is 2. The van der Waals surface area contributed by atoms with Crippen LogP contribution in [0.1, 0.15) is 92.9 Å². The monoisotopic (exact) mass is 569 g/mol. The molecule has 2 unspecified atom stereocenters. The minimum absolute atomic E-state index is 0.0543. The first-order chi connectivity index (χ1) is 20.0. The highest BCUT2D eigenvalue weighted by molar-refractivity contribution is 5.98. The van der Waals surface area contributed by atoms with Crippen molar-refractivity contribution in [1.29, 1.82) is 0 Å². The molecule has 42 heavy (non-hydrogen) atoms. The quantitative estimate of drug-likeness (QED) is 0.314. The van der Waals surface area contributed by atoms with Gasteiger partial charge >= 0.3 is 0 Å². The summed E-state index contributed by atoms with van der Waals surface area (Å²) in [5.74, 6) is -0.785. The molecule has 1 saturated carbocycles. The number of hydrogen-bond donors (Lipinski definition) is 2. The standard InChI is InChI=1S/C36H44FN3O2/c1-23-14-17-29(21-23)38-27-18-15-25(16-19-27)33-30(34(41)39-28-11-7-10-26(22-28)36(3,4)5)12-8-20-40(33)35(42)32-24(2)9-6-13-31(32)37/h6-7,9-11,13,15-16,18-19,22-23,29-30,33,38H,8,12,14,17,20-21H2,1-5H3,(H,39,41)/t23?,29?,30-,33-/m0/s1. The molecule has 1 aliphatic carbocycles. The first kappa shape index (κ1) is 29.8. The summed E-state index contributed by atoms with van der Waals surface area (Å²) >= 11 is 0. The Balaban J connectivity index is 1.46. The van der Waals surface area contributed by atoms with Gasteiger partial charge in [0.1, 0.15) is 5.82 Å². The second kappa shape index (κ2) is 12.3. The molecule has 0 bridgehead atoms. The molecule has 3 aromatic carbocycles. The van der Waals surface area contributed by atoms with Crippen LogP contribution in [-0.2, 0) is 10.2 Å². The first-order valence-corrected chi connectivity index (χ1v) is 15.3. The van der Waals surface area contributed by atoms with Crippen molar-refractivity contribution in [1.82, 2.24) is 4.90 Å². The minimum atomic E-state index is -0.533. The van der Waals surface area contributed by atoms with E-state index in [1.165, 1.54) is 12.5 Å². The summed E-state index contributed by atoms with van der Waals surface area (Å²) in [5, 5.41) is 6.80. The van der Waals surface area contributed by atoms with Crippen molar-refractivity contribution in [2.75, 3.05) is 17.2 Å². The van der Waals surface area contributed by atoms with Crippen LogP contribution in [0.3, 0.4) is 0 Å². The molecule has 0 radical (unpaired) electrons. The van der Waals surface area contributed by atoms with E-state index in [1.807, 2.05) is 42.5 Å². The number of piperidine rings is 1. The molecule has 3 aromatic rings. The van der Waals surface area contributed by atoms with E-state index in [9.17, 15) is 9.59 Å². The van der Waals surface area contributed by atoms with Gasteiger partial charge in [0.15, 0.2) is 0 Å². The molecule has 2 N–H and O–H groups in total. The number of anilines is 2. The predicted octanol–water partition coefficient (Wildman–Crippen LogP) is 8.26. The van der Waals surface area contributed by atoms with Gasteiger partial charge in [0.05, 0.1) is 17.5 Å². The Bertz CT molecular complexity index is 1410. The zero-order chi connectivity index (χ0) is 30.0. The van der Waals surface area contributed by atoms with Gasteiger partial charge in [0.25, 0.3) is 5.91 Å². The van der Waals surface area contributed by atoms with Crippen molar-refractivity contribution in [2.24, 2.45) is 11.8 Å². The number of halogens is 1. The van der Waals surface area contributed by atoms with Gasteiger partial charge in [-0.2, -0.15) is 0 Å². The summed E-state index contributed by atoms with van der Waals surface area (Å²) < 4.78 is 15.0. The van der Waals surface area contributed by atoms with Gasteiger partial charge < -0.3 is 15.5 Å². The molecule has 4 atom stereocenters. The number of rotatable bonds is 6. The molecule has 222 valence electrons. The van der Waals surface area contributed by atoms with Gasteiger partial charge in [0.2, 0.25) is 5.91 Å². The number of nitrogens with one attached hydrogen (secondary N) is 2. The second-order valence-electron chi connectivity index (χ2n) is 13.3. The zero-order valence-corrected chi connectivity index (χ0v) is 25.5. The molecule has 0 aromatic heterocycles. The van der Waals surface area contributed by atoms with E-state index < -0.39 is 17.8 Å². The molecule has 2 aliphatic rings. The van der Waals surface area contributed by atoms with Crippen LogP contribution in [0.5, 0.6) is 0 Å². The largest absolute Gasteiger partial charge is 0.382 e. The fraction of sp³-hybridized carbons (Fsp3) is 0.444. The van der Waals surface area contributed by atoms with E-state index in [2.05, 4.69) is 44.4 Å². The lowest BCUT2D eigenvalue weighted by atomic mass is 9.83. The molecular weight excluding hydrogens is 525 g/mol. The highest BCUT2D eigenvalue weighted by Gasteiger charge is 2.40. The summed E-state index contributed by atoms with van der Waals surface area (Å²) in [5.41, 5.74) is 4.41. The summed E-state index contributed by atoms with van der Waals surface area (Å²) in [6.07, 6.45) is 4.85. The summed E-state index contributed by atoms with van der Waals surface area (Å²) in [6.45, 7) is 10.9. The molecule has 1 heterocycles. The van der Waals surface area contributed by atoms with E-state index in [-0.39, 0.29) is 22.8 Å². The number of nitrogens with zero attached hydrogens (tertiary/aromatic N) is 1. The van der Waals surface area contributed by atoms with Crippen molar-refractivity contribution < 1.29 is 14.0 Å². The lowest BCUT2D eigenvalue weighted by Gasteiger charge is -2.41. The summed E-state index contributed by atoms with van der Waals surface area (Å²) in [4.78, 5) is 29.6. The molecule has 2 amide bonds. The Morgan fingerprint density at radius 2 is 1.67 bits per heavy atom. The normalized spacial score (nSPS) is 22.6. The average Bonchev–Trinajstić information content (AvgIpc) is 3.36. The number of carbonyl (C=O) groups excluding carboxylic acids is 2. The maximum atomic E-state index is 15.0. The predicted molar refractivity (Wildman–Crippen MR) is 168 cm³/mol. The van der Waals surface area contributed by atoms with Crippen LogP contribution >= 0.6 is 0 Å². The lowest BCUT2D eigenvalue weighted by molar-refractivity contribution is -0.123. The molecule has 5 nitrogen and oxygen atoms in total. The van der Waals surface area contributed by atoms with Crippen LogP contribution in [0.25, 0.3) is 0 Å². The second-order valence-corrected chi connectivity index (χ2v) is 13.3. The molecule has 2 fully saturated rings. The van der Waals surface area contributed by atoms with Gasteiger partial charge in [0, 0.05) is 24.0 Å². The molecular formula is C36H44FN3O2. The smallest absolute Gasteiger partial charge is 0.257 e. The Labute approximate surface area is 249 Å². The molecule has 6 heteroatoms. The molecule has 0 spiro atoms. The first-order valence-electron chi connectivity index (χ1n) is 15.3. The van der Waals surface area contributed by atoms with Crippen molar-refractivity contribution in [2.45, 2.75) is 84.2 Å². The summed E-state index contributed by atoms with van der Waals surface area (Å²) in [6, 6.07) is 20.7. The number of likely N-dealkylation sites (tertiary alicyclic amines) is 1. The van der Waals surface area contributed by atoms with Gasteiger partial charge in [-0.05, 0) is 97.4 Å². The molecule has 5 rings (SSSR count). The number of hydrogen-bond acceptors (Lipinski definition) is 3. The SMILES string of the molecule is Cc1cccc(F)c1C(=O)N1CCC[C@H](C(=O)Nc2cccc(C(C)(C)C)c2)[C@@H]1c1ccc(NC2CCC(C)C2)cc1. The Hall–Kier alpha value is -3.67. The Kier molecular flexibility index (Phi) is 8.72. The van der Waals surface area contributed by atoms with Gasteiger partial charge in [-0.15, -0.1) is 0 Å². The lowest BCUT2D eigenvalue weighted by Crippen LogP contribution is -2.46. The zero-order valence-electron chi connectivity index (χ0n) is 25.5. The fourth-order valence-corrected chi connectivity index (χ4v) is 6.61. The van der Waals surface area contributed by atoms with E-state index in [1.54, 1.807) is 24.0 Å². The maximum absolute atomic E-state index is 15.0. The van der Waals surface area contributed by atoms with Crippen molar-refractivity contribution in [3.8, 4) is 0 Å². The average molecular weight is 570 g/mol. The van der Waals surface area contributed by atoms with Crippen LogP contribution in [-0.4, -0.2) is 29.3 Å². The van der Waals surface area contributed by atoms with Gasteiger partial charge in [-0.1, -0.05) is 64.1 Å². The van der Waals surface area contributed by atoms with Crippen molar-refractivity contribution in [3.05, 3.63) is 94.8 Å². The van der Waals surface area contributed by atoms with Crippen molar-refractivity contribution in [3.63, 3.8) is 0 Å². The van der Waals surface area contributed by atoms with Gasteiger partial charge in [-0.3, -0.25) is 9.59 Å². The van der Waals surface area contributed by atoms with Crippen LogP contribution in [0.15, 0.2) is 66.7 Å². The fourth-order valence-electron chi connectivity index (χ4n) is 6.61. The number of aryl methyl sites for hydroxylation is 1. The van der Waals surface area contributed by atoms with E-state index in [4.69, 9.17) is 0 Å². The third-order valence-electron chi connectivity index (χ3n) is 8.98. The third kappa shape index (κ3) is 6.53. The molecule has 1 saturated heterocycles. The topological polar surface area (TPSA) is 61.4 Å². The van der Waals surface area contributed by atoms with Gasteiger partial charge in [-0.25, -0.2) is 4.39 Å². The number of amides is 2. The van der Waals surface area contributed by atoms with E-state index >= 15 is 4.39 Å². The highest BCUT2D eigenvalue weighted by Crippen LogP contribution is 2.39.